The minimum Gasteiger partial charge on any atom is -0.490 e. The van der Waals surface area contributed by atoms with E-state index < -0.39 is 29.6 Å². The van der Waals surface area contributed by atoms with Crippen LogP contribution in [0.2, 0.25) is 5.02 Å². The molecule has 11 heteroatoms. The number of nitrogens with one attached hydrogen (secondary N) is 1. The first-order valence-electron chi connectivity index (χ1n) is 11.5. The lowest BCUT2D eigenvalue weighted by atomic mass is 10.1. The van der Waals surface area contributed by atoms with Gasteiger partial charge >= 0.3 is 5.97 Å². The first kappa shape index (κ1) is 28.1. The maximum absolute atomic E-state index is 12.9. The summed E-state index contributed by atoms with van der Waals surface area (Å²) >= 11 is 7.09. The zero-order valence-corrected chi connectivity index (χ0v) is 22.5. The zero-order chi connectivity index (χ0) is 27.1. The van der Waals surface area contributed by atoms with Gasteiger partial charge in [0.1, 0.15) is 6.54 Å². The Morgan fingerprint density at radius 1 is 1.05 bits per heavy atom. The average molecular weight is 547 g/mol. The Kier molecular flexibility index (Phi) is 9.60. The van der Waals surface area contributed by atoms with E-state index in [0.717, 1.165) is 27.8 Å². The molecule has 1 aliphatic heterocycles. The van der Waals surface area contributed by atoms with Gasteiger partial charge in [-0.05, 0) is 86.5 Å². The summed E-state index contributed by atoms with van der Waals surface area (Å²) < 4.78 is 15.9. The van der Waals surface area contributed by atoms with Crippen LogP contribution in [0.4, 0.5) is 10.5 Å². The third kappa shape index (κ3) is 7.27. The van der Waals surface area contributed by atoms with Crippen LogP contribution in [-0.4, -0.2) is 54.3 Å². The normalized spacial score (nSPS) is 14.2. The number of anilines is 1. The summed E-state index contributed by atoms with van der Waals surface area (Å²) in [5.41, 5.74) is 3.15. The molecular weight excluding hydrogens is 520 g/mol. The number of carbonyl (C=O) groups excluding carboxylic acids is 4. The highest BCUT2D eigenvalue weighted by Crippen LogP contribution is 2.39. The predicted octanol–water partition coefficient (Wildman–Crippen LogP) is 4.97. The number of thioether (sulfide) groups is 1. The van der Waals surface area contributed by atoms with Crippen LogP contribution in [0.25, 0.3) is 6.08 Å². The maximum Gasteiger partial charge on any atom is 0.344 e. The van der Waals surface area contributed by atoms with Crippen LogP contribution in [0.15, 0.2) is 35.2 Å². The monoisotopic (exact) mass is 546 g/mol. The van der Waals surface area contributed by atoms with Crippen molar-refractivity contribution in [3.8, 4) is 11.5 Å². The third-order valence-corrected chi connectivity index (χ3v) is 6.42. The van der Waals surface area contributed by atoms with Gasteiger partial charge in [0.05, 0.1) is 23.1 Å². The molecule has 0 saturated carbocycles. The fourth-order valence-electron chi connectivity index (χ4n) is 3.36. The molecule has 196 valence electrons. The minimum absolute atomic E-state index is 0.127. The van der Waals surface area contributed by atoms with Crippen molar-refractivity contribution in [1.82, 2.24) is 4.90 Å². The Labute approximate surface area is 224 Å². The Morgan fingerprint density at radius 3 is 2.49 bits per heavy atom. The van der Waals surface area contributed by atoms with Crippen molar-refractivity contribution in [2.75, 3.05) is 31.7 Å². The molecule has 2 aromatic carbocycles. The minimum atomic E-state index is -0.595. The molecule has 2 aromatic rings. The van der Waals surface area contributed by atoms with Gasteiger partial charge in [-0.3, -0.25) is 19.3 Å². The van der Waals surface area contributed by atoms with Gasteiger partial charge < -0.3 is 19.5 Å². The number of carbonyl (C=O) groups is 4. The second-order valence-electron chi connectivity index (χ2n) is 7.97. The van der Waals surface area contributed by atoms with E-state index in [1.54, 1.807) is 26.0 Å². The quantitative estimate of drug-likeness (QED) is 0.328. The lowest BCUT2D eigenvalue weighted by molar-refractivity contribution is -0.145. The number of hydrogen-bond acceptors (Lipinski definition) is 8. The van der Waals surface area contributed by atoms with Crippen molar-refractivity contribution < 1.29 is 33.4 Å². The lowest BCUT2D eigenvalue weighted by Gasteiger charge is -2.14. The molecule has 3 amide bonds. The van der Waals surface area contributed by atoms with Gasteiger partial charge in [0, 0.05) is 5.69 Å². The SMILES string of the molecule is CCOC(=O)COc1c(Cl)cc(/C=C2/SC(=O)N(CC(=O)Nc3ccc(C)c(C)c3)C2=O)cc1OCC. The van der Waals surface area contributed by atoms with Crippen molar-refractivity contribution in [1.29, 1.82) is 0 Å². The Morgan fingerprint density at radius 2 is 1.81 bits per heavy atom. The molecule has 0 bridgehead atoms. The molecule has 0 unspecified atom stereocenters. The van der Waals surface area contributed by atoms with E-state index in [-0.39, 0.29) is 34.6 Å². The molecule has 0 radical (unpaired) electrons. The van der Waals surface area contributed by atoms with Gasteiger partial charge in [-0.2, -0.15) is 0 Å². The zero-order valence-electron chi connectivity index (χ0n) is 20.9. The number of aryl methyl sites for hydroxylation is 2. The van der Waals surface area contributed by atoms with Crippen molar-refractivity contribution in [3.63, 3.8) is 0 Å². The Bertz CT molecular complexity index is 1260. The highest BCUT2D eigenvalue weighted by molar-refractivity contribution is 8.18. The summed E-state index contributed by atoms with van der Waals surface area (Å²) in [6.07, 6.45) is 1.48. The first-order chi connectivity index (χ1) is 17.6. The summed E-state index contributed by atoms with van der Waals surface area (Å²) in [5.74, 6) is -1.22. The van der Waals surface area contributed by atoms with Crippen molar-refractivity contribution in [2.45, 2.75) is 27.7 Å². The number of amides is 3. The van der Waals surface area contributed by atoms with E-state index in [0.29, 0.717) is 17.9 Å². The molecular formula is C26H27ClN2O7S. The van der Waals surface area contributed by atoms with Crippen LogP contribution in [-0.2, 0) is 19.1 Å². The Balaban J connectivity index is 1.75. The van der Waals surface area contributed by atoms with Gasteiger partial charge in [0.25, 0.3) is 11.1 Å². The Hall–Kier alpha value is -3.50. The van der Waals surface area contributed by atoms with Gasteiger partial charge in [-0.25, -0.2) is 4.79 Å². The summed E-state index contributed by atoms with van der Waals surface area (Å²) in [7, 11) is 0. The molecule has 0 atom stereocenters. The van der Waals surface area contributed by atoms with E-state index in [4.69, 9.17) is 25.8 Å². The smallest absolute Gasteiger partial charge is 0.344 e. The molecule has 1 heterocycles. The predicted molar refractivity (Wildman–Crippen MR) is 142 cm³/mol. The molecule has 0 aromatic heterocycles. The van der Waals surface area contributed by atoms with Crippen LogP contribution in [0.3, 0.4) is 0 Å². The largest absolute Gasteiger partial charge is 0.490 e. The second kappa shape index (κ2) is 12.6. The van der Waals surface area contributed by atoms with E-state index in [1.807, 2.05) is 26.0 Å². The van der Waals surface area contributed by atoms with Crippen LogP contribution in [0.1, 0.15) is 30.5 Å². The second-order valence-corrected chi connectivity index (χ2v) is 9.37. The summed E-state index contributed by atoms with van der Waals surface area (Å²) in [6, 6.07) is 8.55. The van der Waals surface area contributed by atoms with Gasteiger partial charge in [0.2, 0.25) is 5.91 Å². The number of hydrogen-bond donors (Lipinski definition) is 1. The maximum atomic E-state index is 12.9. The summed E-state index contributed by atoms with van der Waals surface area (Å²) in [5, 5.41) is 2.30. The van der Waals surface area contributed by atoms with Crippen molar-refractivity contribution >= 4 is 58.1 Å². The van der Waals surface area contributed by atoms with Crippen molar-refractivity contribution in [2.24, 2.45) is 0 Å². The van der Waals surface area contributed by atoms with Crippen LogP contribution < -0.4 is 14.8 Å². The molecule has 9 nitrogen and oxygen atoms in total. The third-order valence-electron chi connectivity index (χ3n) is 5.24. The van der Waals surface area contributed by atoms with Crippen LogP contribution in [0, 0.1) is 13.8 Å². The molecule has 1 aliphatic rings. The standard InChI is InChI=1S/C26H27ClN2O7S/c1-5-34-20-11-17(10-19(27)24(20)36-14-23(31)35-6-2)12-21-25(32)29(26(33)37-21)13-22(30)28-18-8-7-15(3)16(4)9-18/h7-12H,5-6,13-14H2,1-4H3,(H,28,30)/b21-12+. The number of esters is 1. The topological polar surface area (TPSA) is 111 Å². The summed E-state index contributed by atoms with van der Waals surface area (Å²) in [4.78, 5) is 50.6. The molecule has 1 N–H and O–H groups in total. The number of nitrogens with zero attached hydrogens (tertiary/aromatic N) is 1. The van der Waals surface area contributed by atoms with E-state index in [1.165, 1.54) is 12.1 Å². The number of ether oxygens (including phenoxy) is 3. The van der Waals surface area contributed by atoms with Crippen LogP contribution >= 0.6 is 23.4 Å². The fraction of sp³-hybridized carbons (Fsp3) is 0.308. The van der Waals surface area contributed by atoms with Gasteiger partial charge in [-0.1, -0.05) is 17.7 Å². The van der Waals surface area contributed by atoms with E-state index in [9.17, 15) is 19.2 Å². The van der Waals surface area contributed by atoms with Crippen LogP contribution in [0.5, 0.6) is 11.5 Å². The van der Waals surface area contributed by atoms with Gasteiger partial charge in [0.15, 0.2) is 18.1 Å². The molecule has 1 fully saturated rings. The fourth-order valence-corrected chi connectivity index (χ4v) is 4.47. The highest BCUT2D eigenvalue weighted by atomic mass is 35.5. The van der Waals surface area contributed by atoms with E-state index in [2.05, 4.69) is 5.32 Å². The number of benzene rings is 2. The molecule has 37 heavy (non-hydrogen) atoms. The lowest BCUT2D eigenvalue weighted by Crippen LogP contribution is -2.36. The van der Waals surface area contributed by atoms with Gasteiger partial charge in [-0.15, -0.1) is 0 Å². The first-order valence-corrected chi connectivity index (χ1v) is 12.7. The number of imide groups is 1. The molecule has 0 spiro atoms. The highest BCUT2D eigenvalue weighted by Gasteiger charge is 2.36. The van der Waals surface area contributed by atoms with E-state index >= 15 is 0 Å². The summed E-state index contributed by atoms with van der Waals surface area (Å²) in [6.45, 7) is 7.08. The molecule has 0 aliphatic carbocycles. The molecule has 1 saturated heterocycles. The molecule has 3 rings (SSSR count). The van der Waals surface area contributed by atoms with Crippen molar-refractivity contribution in [3.05, 3.63) is 56.9 Å². The number of rotatable bonds is 10. The average Bonchev–Trinajstić information content (AvgIpc) is 3.08. The number of halogens is 1.